The van der Waals surface area contributed by atoms with Crippen molar-refractivity contribution >= 4 is 35.0 Å². The molecule has 5 atom stereocenters. The highest BCUT2D eigenvalue weighted by atomic mass is 16.5. The summed E-state index contributed by atoms with van der Waals surface area (Å²) >= 11 is 0. The quantitative estimate of drug-likeness (QED) is 0.234. The number of Topliss-reactive ketones (excluding diaryl/α,β-unsaturated/α-hetero) is 4. The molecule has 3 aliphatic heterocycles. The predicted molar refractivity (Wildman–Crippen MR) is 154 cm³/mol. The molecule has 0 N–H and O–H groups in total. The summed E-state index contributed by atoms with van der Waals surface area (Å²) in [6.45, 7) is 7.67. The van der Waals surface area contributed by atoms with Crippen LogP contribution in [0.2, 0.25) is 0 Å². The first-order valence-electron chi connectivity index (χ1n) is 14.5. The van der Waals surface area contributed by atoms with Gasteiger partial charge in [0.15, 0.2) is 23.1 Å². The second kappa shape index (κ2) is 11.4. The molecule has 0 unspecified atom stereocenters. The summed E-state index contributed by atoms with van der Waals surface area (Å²) in [7, 11) is 4.27. The number of amides is 1. The number of ketones is 4. The highest BCUT2D eigenvalue weighted by molar-refractivity contribution is 6.27. The molecule has 0 saturated carbocycles. The number of esters is 1. The van der Waals surface area contributed by atoms with Gasteiger partial charge in [-0.15, -0.1) is 0 Å². The summed E-state index contributed by atoms with van der Waals surface area (Å²) < 4.78 is 22.3. The van der Waals surface area contributed by atoms with Crippen LogP contribution in [0.4, 0.5) is 0 Å². The van der Waals surface area contributed by atoms with Crippen LogP contribution in [0.3, 0.4) is 0 Å². The lowest BCUT2D eigenvalue weighted by Gasteiger charge is -2.59. The molecule has 0 radical (unpaired) electrons. The van der Waals surface area contributed by atoms with Crippen LogP contribution in [-0.4, -0.2) is 110 Å². The topological polar surface area (TPSA) is 146 Å². The Labute approximate surface area is 255 Å². The lowest BCUT2D eigenvalue weighted by Crippen LogP contribution is -2.76. The Balaban J connectivity index is 1.73. The first-order chi connectivity index (χ1) is 20.9. The highest BCUT2D eigenvalue weighted by Crippen LogP contribution is 2.48. The van der Waals surface area contributed by atoms with Crippen LogP contribution >= 0.6 is 0 Å². The lowest BCUT2D eigenvalue weighted by molar-refractivity contribution is -0.166. The van der Waals surface area contributed by atoms with Crippen molar-refractivity contribution in [2.75, 3.05) is 34.5 Å². The van der Waals surface area contributed by atoms with Gasteiger partial charge in [-0.2, -0.15) is 0 Å². The van der Waals surface area contributed by atoms with Gasteiger partial charge >= 0.3 is 5.97 Å². The molecule has 44 heavy (non-hydrogen) atoms. The Kier molecular flexibility index (Phi) is 8.10. The minimum Gasteiger partial charge on any atom is -0.492 e. The third kappa shape index (κ3) is 4.26. The summed E-state index contributed by atoms with van der Waals surface area (Å²) in [6.07, 6.45) is 0.392. The van der Waals surface area contributed by atoms with Gasteiger partial charge in [-0.1, -0.05) is 6.08 Å². The van der Waals surface area contributed by atoms with Gasteiger partial charge in [0.2, 0.25) is 17.5 Å². The minimum absolute atomic E-state index is 0.0112. The first kappa shape index (κ1) is 31.3. The van der Waals surface area contributed by atoms with Crippen LogP contribution in [0.15, 0.2) is 56.6 Å². The average molecular weight is 609 g/mol. The van der Waals surface area contributed by atoms with Gasteiger partial charge in [0.25, 0.3) is 0 Å². The van der Waals surface area contributed by atoms with E-state index in [2.05, 4.69) is 0 Å². The number of methoxy groups -OCH3 is 2. The van der Waals surface area contributed by atoms with Crippen molar-refractivity contribution < 1.29 is 47.7 Å². The van der Waals surface area contributed by atoms with Crippen LogP contribution in [0, 0.1) is 0 Å². The molecule has 12 nitrogen and oxygen atoms in total. The molecule has 0 aromatic heterocycles. The zero-order chi connectivity index (χ0) is 32.4. The molecule has 234 valence electrons. The molecule has 2 aliphatic carbocycles. The molecule has 5 aliphatic rings. The number of hydrogen-bond donors (Lipinski definition) is 0. The van der Waals surface area contributed by atoms with E-state index in [0.717, 1.165) is 0 Å². The number of hydrogen-bond acceptors (Lipinski definition) is 11. The second-order valence-corrected chi connectivity index (χ2v) is 11.4. The van der Waals surface area contributed by atoms with E-state index < -0.39 is 71.9 Å². The molecule has 12 heteroatoms. The number of likely N-dealkylation sites (N-methyl/N-ethyl adjacent to an activating group) is 1. The predicted octanol–water partition coefficient (Wildman–Crippen LogP) is 1.30. The van der Waals surface area contributed by atoms with E-state index in [1.165, 1.54) is 33.0 Å². The smallest absolute Gasteiger partial charge is 0.333 e. The number of ether oxygens (including phenoxy) is 4. The highest BCUT2D eigenvalue weighted by Gasteiger charge is 2.62. The monoisotopic (exact) mass is 608 g/mol. The zero-order valence-electron chi connectivity index (χ0n) is 26.1. The lowest BCUT2D eigenvalue weighted by atomic mass is 9.68. The number of allylic oxidation sites excluding steroid dienone is 5. The van der Waals surface area contributed by atoms with Gasteiger partial charge < -0.3 is 23.8 Å². The fraction of sp³-hybridized carbons (Fsp3) is 0.500. The van der Waals surface area contributed by atoms with E-state index >= 15 is 0 Å². The molecule has 5 rings (SSSR count). The largest absolute Gasteiger partial charge is 0.492 e. The Bertz CT molecular complexity index is 1570. The van der Waals surface area contributed by atoms with Crippen molar-refractivity contribution in [3.05, 3.63) is 56.6 Å². The Morgan fingerprint density at radius 1 is 0.886 bits per heavy atom. The van der Waals surface area contributed by atoms with E-state index in [-0.39, 0.29) is 58.0 Å². The van der Waals surface area contributed by atoms with Crippen molar-refractivity contribution in [1.82, 2.24) is 9.80 Å². The molecule has 2 bridgehead atoms. The number of carbonyl (C=O) groups is 6. The number of piperazine rings is 1. The average Bonchev–Trinajstić information content (AvgIpc) is 3.00. The number of nitrogens with zero attached hydrogens (tertiary/aromatic N) is 2. The maximum atomic E-state index is 14.6. The third-order valence-electron chi connectivity index (χ3n) is 9.34. The molecule has 1 saturated heterocycles. The van der Waals surface area contributed by atoms with Crippen molar-refractivity contribution in [3.63, 3.8) is 0 Å². The van der Waals surface area contributed by atoms with E-state index in [1.807, 2.05) is 0 Å². The van der Waals surface area contributed by atoms with E-state index in [9.17, 15) is 28.8 Å². The Morgan fingerprint density at radius 3 is 2.05 bits per heavy atom. The third-order valence-corrected chi connectivity index (χ3v) is 9.34. The molecule has 1 fully saturated rings. The Hall–Kier alpha value is -4.16. The molecular formula is C32H36N2O10. The molecular weight excluding hydrogens is 572 g/mol. The summed E-state index contributed by atoms with van der Waals surface area (Å²) in [5, 5.41) is 0. The van der Waals surface area contributed by atoms with Gasteiger partial charge in [-0.25, -0.2) is 4.79 Å². The fourth-order valence-corrected chi connectivity index (χ4v) is 7.18. The van der Waals surface area contributed by atoms with Crippen LogP contribution < -0.4 is 0 Å². The summed E-state index contributed by atoms with van der Waals surface area (Å²) in [5.74, 6) is -3.37. The van der Waals surface area contributed by atoms with Crippen molar-refractivity contribution in [2.24, 2.45) is 0 Å². The maximum Gasteiger partial charge on any atom is 0.333 e. The second-order valence-electron chi connectivity index (χ2n) is 11.4. The molecule has 0 aromatic rings. The molecule has 0 aromatic carbocycles. The van der Waals surface area contributed by atoms with Gasteiger partial charge in [0.1, 0.15) is 18.8 Å². The van der Waals surface area contributed by atoms with Crippen LogP contribution in [0.1, 0.15) is 41.0 Å². The van der Waals surface area contributed by atoms with Crippen molar-refractivity contribution in [2.45, 2.75) is 71.3 Å². The number of fused-ring (bicyclic) bond motifs is 5. The van der Waals surface area contributed by atoms with Crippen molar-refractivity contribution in [1.29, 1.82) is 0 Å². The van der Waals surface area contributed by atoms with Gasteiger partial charge in [0.05, 0.1) is 32.3 Å². The minimum atomic E-state index is -1.17. The van der Waals surface area contributed by atoms with E-state index in [4.69, 9.17) is 18.9 Å². The van der Waals surface area contributed by atoms with E-state index in [0.29, 0.717) is 5.57 Å². The fourth-order valence-electron chi connectivity index (χ4n) is 7.18. The molecule has 3 heterocycles. The summed E-state index contributed by atoms with van der Waals surface area (Å²) in [5.41, 5.74) is 0.943. The zero-order valence-corrected chi connectivity index (χ0v) is 26.1. The first-order valence-corrected chi connectivity index (χ1v) is 14.5. The summed E-state index contributed by atoms with van der Waals surface area (Å²) in [6, 6.07) is -3.95. The maximum absolute atomic E-state index is 14.6. The molecule has 0 spiro atoms. The van der Waals surface area contributed by atoms with Gasteiger partial charge in [-0.05, 0) is 48.1 Å². The van der Waals surface area contributed by atoms with Gasteiger partial charge in [0, 0.05) is 45.6 Å². The van der Waals surface area contributed by atoms with Crippen molar-refractivity contribution in [3.8, 4) is 0 Å². The number of carbonyl (C=O) groups excluding carboxylic acids is 6. The van der Waals surface area contributed by atoms with Crippen LogP contribution in [-0.2, 0) is 47.7 Å². The van der Waals surface area contributed by atoms with Crippen LogP contribution in [0.5, 0.6) is 0 Å². The van der Waals surface area contributed by atoms with Crippen LogP contribution in [0.25, 0.3) is 0 Å². The Morgan fingerprint density at radius 2 is 1.48 bits per heavy atom. The van der Waals surface area contributed by atoms with E-state index in [1.54, 1.807) is 38.8 Å². The number of rotatable bonds is 7. The standard InChI is InChI=1S/C32H36N2O10/c1-9-13(3)32(40)44-12-18-19-16(24(35)14(4)28(41-7)26(19)37)11-17-22-20-21(25(36)15(5)29(42-8)27(20)38)30(43-10-2)23(33(22)6)31(39)34(17)18/h9,17-18,22-23,30H,10-12H2,1-8H3/b13-9-/t17-,18+,22-,23-,30-/m1/s1. The SMILES string of the molecule is C/C=C(/C)C(=O)OC[C@H]1C2=C(C[C@@H]3[C@@H]4C5=C(C(=O)C(C)=C(OC)C5=O)[C@@H](OCC)[C@H](C(=O)N31)N4C)C(=O)C(C)=C(OC)C2=O. The molecule has 1 amide bonds. The summed E-state index contributed by atoms with van der Waals surface area (Å²) in [4.78, 5) is 85.9. The van der Waals surface area contributed by atoms with Gasteiger partial charge in [-0.3, -0.25) is 28.9 Å². The normalized spacial score (nSPS) is 29.3.